The van der Waals surface area contributed by atoms with Crippen LogP contribution < -0.4 is 11.1 Å². The average Bonchev–Trinajstić information content (AvgIpc) is 2.48. The summed E-state index contributed by atoms with van der Waals surface area (Å²) in [6.45, 7) is 0. The summed E-state index contributed by atoms with van der Waals surface area (Å²) in [5, 5.41) is 3.70. The summed E-state index contributed by atoms with van der Waals surface area (Å²) in [4.78, 5) is 23.8. The molecular formula is C14H11N5O. The molecular weight excluding hydrogens is 254 g/mol. The average molecular weight is 265 g/mol. The van der Waals surface area contributed by atoms with Crippen molar-refractivity contribution < 1.29 is 4.79 Å². The lowest BCUT2D eigenvalue weighted by molar-refractivity contribution is 0.102. The largest absolute Gasteiger partial charge is 0.368 e. The number of carbonyl (C=O) groups excluding carboxylic acids is 1. The minimum absolute atomic E-state index is 0.133. The van der Waals surface area contributed by atoms with Crippen LogP contribution in [0.15, 0.2) is 48.9 Å². The van der Waals surface area contributed by atoms with Crippen LogP contribution in [-0.2, 0) is 0 Å². The van der Waals surface area contributed by atoms with Gasteiger partial charge in [-0.15, -0.1) is 0 Å². The van der Waals surface area contributed by atoms with Crippen molar-refractivity contribution in [2.75, 3.05) is 11.1 Å². The number of hydrogen-bond donors (Lipinski definition) is 2. The molecule has 3 N–H and O–H groups in total. The van der Waals surface area contributed by atoms with Crippen LogP contribution >= 0.6 is 0 Å². The maximum atomic E-state index is 12.0. The van der Waals surface area contributed by atoms with E-state index in [-0.39, 0.29) is 11.9 Å². The van der Waals surface area contributed by atoms with Crippen molar-refractivity contribution in [3.63, 3.8) is 0 Å². The van der Waals surface area contributed by atoms with Crippen LogP contribution in [0.4, 0.5) is 11.6 Å². The zero-order valence-corrected chi connectivity index (χ0v) is 10.4. The molecule has 6 heteroatoms. The van der Waals surface area contributed by atoms with Crippen molar-refractivity contribution in [3.05, 3.63) is 54.5 Å². The highest BCUT2D eigenvalue weighted by atomic mass is 16.1. The number of hydrogen-bond acceptors (Lipinski definition) is 5. The van der Waals surface area contributed by atoms with Gasteiger partial charge in [0.1, 0.15) is 0 Å². The van der Waals surface area contributed by atoms with E-state index in [1.165, 1.54) is 12.4 Å². The zero-order valence-electron chi connectivity index (χ0n) is 10.4. The topological polar surface area (TPSA) is 93.8 Å². The van der Waals surface area contributed by atoms with Crippen LogP contribution in [-0.4, -0.2) is 20.9 Å². The lowest BCUT2D eigenvalue weighted by Crippen LogP contribution is -2.13. The van der Waals surface area contributed by atoms with E-state index in [1.807, 2.05) is 30.3 Å². The van der Waals surface area contributed by atoms with Crippen LogP contribution in [0.25, 0.3) is 10.9 Å². The summed E-state index contributed by atoms with van der Waals surface area (Å²) >= 11 is 0. The molecule has 0 saturated carbocycles. The number of amides is 1. The van der Waals surface area contributed by atoms with Crippen molar-refractivity contribution in [1.82, 2.24) is 15.0 Å². The second kappa shape index (κ2) is 4.93. The fourth-order valence-electron chi connectivity index (χ4n) is 1.80. The van der Waals surface area contributed by atoms with E-state index in [1.54, 1.807) is 6.20 Å². The third kappa shape index (κ3) is 2.39. The van der Waals surface area contributed by atoms with Gasteiger partial charge in [0.15, 0.2) is 0 Å². The normalized spacial score (nSPS) is 10.4. The molecule has 0 radical (unpaired) electrons. The van der Waals surface area contributed by atoms with Gasteiger partial charge < -0.3 is 11.1 Å². The Balaban J connectivity index is 1.85. The van der Waals surface area contributed by atoms with Crippen LogP contribution in [0.2, 0.25) is 0 Å². The van der Waals surface area contributed by atoms with E-state index >= 15 is 0 Å². The number of pyridine rings is 1. The van der Waals surface area contributed by atoms with Gasteiger partial charge in [0, 0.05) is 17.8 Å². The zero-order chi connectivity index (χ0) is 13.9. The van der Waals surface area contributed by atoms with Gasteiger partial charge in [-0.1, -0.05) is 18.2 Å². The number of carbonyl (C=O) groups is 1. The quantitative estimate of drug-likeness (QED) is 0.737. The van der Waals surface area contributed by atoms with E-state index in [0.717, 1.165) is 10.9 Å². The van der Waals surface area contributed by atoms with E-state index in [0.29, 0.717) is 11.3 Å². The standard InChI is InChI=1S/C14H11N5O/c15-14-17-6-10(7-18-14)13(20)19-11-5-9-3-1-2-4-12(9)16-8-11/h1-8H,(H,19,20)(H2,15,17,18). The molecule has 20 heavy (non-hydrogen) atoms. The molecule has 98 valence electrons. The van der Waals surface area contributed by atoms with Crippen molar-refractivity contribution in [3.8, 4) is 0 Å². The first kappa shape index (κ1) is 12.0. The highest BCUT2D eigenvalue weighted by Crippen LogP contribution is 2.16. The van der Waals surface area contributed by atoms with Crippen molar-refractivity contribution >= 4 is 28.4 Å². The third-order valence-corrected chi connectivity index (χ3v) is 2.78. The Kier molecular flexibility index (Phi) is 2.96. The van der Waals surface area contributed by atoms with Gasteiger partial charge in [-0.2, -0.15) is 0 Å². The molecule has 1 amide bonds. The number of nitrogen functional groups attached to an aromatic ring is 1. The molecule has 0 spiro atoms. The maximum Gasteiger partial charge on any atom is 0.258 e. The smallest absolute Gasteiger partial charge is 0.258 e. The van der Waals surface area contributed by atoms with Crippen molar-refractivity contribution in [1.29, 1.82) is 0 Å². The number of nitrogens with one attached hydrogen (secondary N) is 1. The number of aromatic nitrogens is 3. The van der Waals surface area contributed by atoms with Gasteiger partial charge >= 0.3 is 0 Å². The number of nitrogens with zero attached hydrogens (tertiary/aromatic N) is 3. The first-order valence-electron chi connectivity index (χ1n) is 5.96. The lowest BCUT2D eigenvalue weighted by Gasteiger charge is -2.05. The van der Waals surface area contributed by atoms with Gasteiger partial charge in [0.2, 0.25) is 5.95 Å². The van der Waals surface area contributed by atoms with E-state index in [9.17, 15) is 4.79 Å². The van der Waals surface area contributed by atoms with E-state index in [4.69, 9.17) is 5.73 Å². The molecule has 2 aromatic heterocycles. The number of para-hydroxylation sites is 1. The summed E-state index contributed by atoms with van der Waals surface area (Å²) in [6, 6.07) is 9.54. The van der Waals surface area contributed by atoms with E-state index in [2.05, 4.69) is 20.3 Å². The predicted molar refractivity (Wildman–Crippen MR) is 76.1 cm³/mol. The van der Waals surface area contributed by atoms with Crippen LogP contribution in [0.3, 0.4) is 0 Å². The molecule has 0 aliphatic carbocycles. The first-order chi connectivity index (χ1) is 9.72. The summed E-state index contributed by atoms with van der Waals surface area (Å²) in [5.41, 5.74) is 7.21. The lowest BCUT2D eigenvalue weighted by atomic mass is 10.2. The molecule has 3 rings (SSSR count). The van der Waals surface area contributed by atoms with Crippen LogP contribution in [0.1, 0.15) is 10.4 Å². The van der Waals surface area contributed by atoms with Gasteiger partial charge in [-0.3, -0.25) is 9.78 Å². The Hall–Kier alpha value is -3.02. The Labute approximate surface area is 114 Å². The fourth-order valence-corrected chi connectivity index (χ4v) is 1.80. The second-order valence-electron chi connectivity index (χ2n) is 4.20. The van der Waals surface area contributed by atoms with Crippen molar-refractivity contribution in [2.24, 2.45) is 0 Å². The van der Waals surface area contributed by atoms with Crippen LogP contribution in [0, 0.1) is 0 Å². The number of fused-ring (bicyclic) bond motifs is 1. The maximum absolute atomic E-state index is 12.0. The van der Waals surface area contributed by atoms with Gasteiger partial charge in [-0.25, -0.2) is 9.97 Å². The first-order valence-corrected chi connectivity index (χ1v) is 5.96. The number of rotatable bonds is 2. The van der Waals surface area contributed by atoms with Crippen LogP contribution in [0.5, 0.6) is 0 Å². The summed E-state index contributed by atoms with van der Waals surface area (Å²) in [5.74, 6) is -0.170. The number of nitrogens with two attached hydrogens (primary N) is 1. The predicted octanol–water partition coefficient (Wildman–Crippen LogP) is 1.86. The van der Waals surface area contributed by atoms with Gasteiger partial charge in [0.05, 0.1) is 23.0 Å². The minimum atomic E-state index is -0.304. The third-order valence-electron chi connectivity index (χ3n) is 2.78. The Morgan fingerprint density at radius 2 is 1.80 bits per heavy atom. The minimum Gasteiger partial charge on any atom is -0.368 e. The molecule has 1 aromatic carbocycles. The second-order valence-corrected chi connectivity index (χ2v) is 4.20. The fraction of sp³-hybridized carbons (Fsp3) is 0. The highest BCUT2D eigenvalue weighted by Gasteiger charge is 2.07. The SMILES string of the molecule is Nc1ncc(C(=O)Nc2cnc3ccccc3c2)cn1. The summed E-state index contributed by atoms with van der Waals surface area (Å²) in [7, 11) is 0. The molecule has 0 bridgehead atoms. The van der Waals surface area contributed by atoms with Crippen molar-refractivity contribution in [2.45, 2.75) is 0 Å². The molecule has 2 heterocycles. The molecule has 0 aliphatic heterocycles. The molecule has 6 nitrogen and oxygen atoms in total. The molecule has 3 aromatic rings. The Bertz CT molecular complexity index is 770. The highest BCUT2D eigenvalue weighted by molar-refractivity contribution is 6.04. The number of anilines is 2. The molecule has 0 aliphatic rings. The molecule has 0 unspecified atom stereocenters. The Morgan fingerprint density at radius 3 is 2.60 bits per heavy atom. The molecule has 0 saturated heterocycles. The monoisotopic (exact) mass is 265 g/mol. The van der Waals surface area contributed by atoms with Gasteiger partial charge in [-0.05, 0) is 12.1 Å². The summed E-state index contributed by atoms with van der Waals surface area (Å²) < 4.78 is 0. The summed E-state index contributed by atoms with van der Waals surface area (Å²) in [6.07, 6.45) is 4.37. The molecule has 0 atom stereocenters. The molecule has 0 fully saturated rings. The van der Waals surface area contributed by atoms with Gasteiger partial charge in [0.25, 0.3) is 5.91 Å². The van der Waals surface area contributed by atoms with E-state index < -0.39 is 0 Å². The Morgan fingerprint density at radius 1 is 1.05 bits per heavy atom. The number of benzene rings is 1.